The molecule has 2 rings (SSSR count). The van der Waals surface area contributed by atoms with Crippen molar-refractivity contribution < 1.29 is 23.8 Å². The van der Waals surface area contributed by atoms with Crippen LogP contribution in [0.5, 0.6) is 5.75 Å². The number of carbonyl (C=O) groups is 2. The van der Waals surface area contributed by atoms with Gasteiger partial charge in [-0.1, -0.05) is 18.2 Å². The van der Waals surface area contributed by atoms with Crippen molar-refractivity contribution in [1.29, 1.82) is 0 Å². The average Bonchev–Trinajstić information content (AvgIpc) is 3.06. The summed E-state index contributed by atoms with van der Waals surface area (Å²) in [7, 11) is 0. The molecule has 1 amide bonds. The number of thioether (sulfide) groups is 1. The lowest BCUT2D eigenvalue weighted by Gasteiger charge is -2.12. The van der Waals surface area contributed by atoms with Gasteiger partial charge in [0.2, 0.25) is 0 Å². The van der Waals surface area contributed by atoms with Crippen LogP contribution in [0.15, 0.2) is 46.9 Å². The third-order valence-electron chi connectivity index (χ3n) is 3.22. The fraction of sp³-hybridized carbons (Fsp3) is 0.294. The predicted octanol–water partition coefficient (Wildman–Crippen LogP) is 2.79. The molecule has 0 fully saturated rings. The van der Waals surface area contributed by atoms with Crippen LogP contribution in [0.25, 0.3) is 0 Å². The van der Waals surface area contributed by atoms with Crippen LogP contribution in [-0.4, -0.2) is 35.0 Å². The van der Waals surface area contributed by atoms with Crippen molar-refractivity contribution in [2.24, 2.45) is 0 Å². The number of para-hydroxylation sites is 1. The Bertz CT molecular complexity index is 671. The topological polar surface area (TPSA) is 88.8 Å². The standard InChI is InChI=1S/C17H19NO5S/c1-24-10-9-14(17(20)21)18-16(19)15-8-7-13(23-15)11-22-12-5-3-2-4-6-12/h2-8,14H,9-11H2,1H3,(H,18,19)(H,20,21)/t14-/m1/s1. The number of furan rings is 1. The van der Waals surface area contributed by atoms with Crippen molar-refractivity contribution in [2.75, 3.05) is 12.0 Å². The first-order valence-electron chi connectivity index (χ1n) is 7.39. The number of carbonyl (C=O) groups excluding carboxylic acids is 1. The molecule has 0 spiro atoms. The number of rotatable bonds is 9. The summed E-state index contributed by atoms with van der Waals surface area (Å²) in [6, 6.07) is 11.5. The highest BCUT2D eigenvalue weighted by Crippen LogP contribution is 2.14. The smallest absolute Gasteiger partial charge is 0.326 e. The van der Waals surface area contributed by atoms with Crippen molar-refractivity contribution >= 4 is 23.6 Å². The maximum Gasteiger partial charge on any atom is 0.326 e. The Kier molecular flexibility index (Phi) is 6.74. The Hall–Kier alpha value is -2.41. The molecular formula is C17H19NO5S. The molecule has 1 aromatic carbocycles. The second-order valence-electron chi connectivity index (χ2n) is 5.01. The average molecular weight is 349 g/mol. The summed E-state index contributed by atoms with van der Waals surface area (Å²) < 4.78 is 11.0. The maximum atomic E-state index is 12.1. The highest BCUT2D eigenvalue weighted by molar-refractivity contribution is 7.98. The molecule has 24 heavy (non-hydrogen) atoms. The zero-order valence-electron chi connectivity index (χ0n) is 13.2. The van der Waals surface area contributed by atoms with Crippen molar-refractivity contribution in [1.82, 2.24) is 5.32 Å². The lowest BCUT2D eigenvalue weighted by Crippen LogP contribution is -2.41. The molecule has 0 aliphatic carbocycles. The number of hydrogen-bond acceptors (Lipinski definition) is 5. The molecule has 1 aromatic heterocycles. The van der Waals surface area contributed by atoms with Crippen LogP contribution in [-0.2, 0) is 11.4 Å². The van der Waals surface area contributed by atoms with E-state index in [-0.39, 0.29) is 12.4 Å². The molecule has 2 aromatic rings. The molecule has 1 atom stereocenters. The predicted molar refractivity (Wildman–Crippen MR) is 91.4 cm³/mol. The number of carboxylic acid groups (broad SMARTS) is 1. The van der Waals surface area contributed by atoms with Gasteiger partial charge in [0, 0.05) is 0 Å². The summed E-state index contributed by atoms with van der Waals surface area (Å²) in [5.74, 6) is 0.289. The molecule has 7 heteroatoms. The maximum absolute atomic E-state index is 12.1. The summed E-state index contributed by atoms with van der Waals surface area (Å²) in [4.78, 5) is 23.3. The van der Waals surface area contributed by atoms with E-state index in [1.807, 2.05) is 36.6 Å². The zero-order chi connectivity index (χ0) is 17.4. The van der Waals surface area contributed by atoms with E-state index < -0.39 is 17.9 Å². The first kappa shape index (κ1) is 17.9. The number of benzene rings is 1. The monoisotopic (exact) mass is 349 g/mol. The fourth-order valence-electron chi connectivity index (χ4n) is 1.97. The Morgan fingerprint density at radius 3 is 2.67 bits per heavy atom. The van der Waals surface area contributed by atoms with E-state index >= 15 is 0 Å². The van der Waals surface area contributed by atoms with E-state index in [1.165, 1.54) is 17.8 Å². The molecule has 2 N–H and O–H groups in total. The SMILES string of the molecule is CSCC[C@@H](NC(=O)c1ccc(COc2ccccc2)o1)C(=O)O. The quantitative estimate of drug-likeness (QED) is 0.724. The molecule has 1 heterocycles. The van der Waals surface area contributed by atoms with Crippen molar-refractivity contribution in [3.63, 3.8) is 0 Å². The van der Waals surface area contributed by atoms with Crippen molar-refractivity contribution in [2.45, 2.75) is 19.1 Å². The second-order valence-corrected chi connectivity index (χ2v) is 6.00. The lowest BCUT2D eigenvalue weighted by atomic mass is 10.2. The number of aliphatic carboxylic acids is 1. The molecule has 128 valence electrons. The van der Waals surface area contributed by atoms with E-state index in [0.717, 1.165) is 0 Å². The third kappa shape index (κ3) is 5.34. The van der Waals surface area contributed by atoms with Gasteiger partial charge in [0.1, 0.15) is 24.2 Å². The van der Waals surface area contributed by atoms with Crippen LogP contribution < -0.4 is 10.1 Å². The summed E-state index contributed by atoms with van der Waals surface area (Å²) in [6.07, 6.45) is 2.24. The molecule has 0 aliphatic rings. The zero-order valence-corrected chi connectivity index (χ0v) is 14.0. The van der Waals surface area contributed by atoms with Gasteiger partial charge in [0.15, 0.2) is 5.76 Å². The van der Waals surface area contributed by atoms with Crippen LogP contribution >= 0.6 is 11.8 Å². The molecule has 0 saturated carbocycles. The van der Waals surface area contributed by atoms with Crippen LogP contribution in [0.1, 0.15) is 22.7 Å². The van der Waals surface area contributed by atoms with E-state index in [1.54, 1.807) is 6.07 Å². The van der Waals surface area contributed by atoms with Crippen molar-refractivity contribution in [3.8, 4) is 5.75 Å². The van der Waals surface area contributed by atoms with E-state index in [2.05, 4.69) is 5.32 Å². The van der Waals surface area contributed by atoms with Gasteiger partial charge >= 0.3 is 5.97 Å². The number of amides is 1. The van der Waals surface area contributed by atoms with E-state index in [0.29, 0.717) is 23.7 Å². The normalized spacial score (nSPS) is 11.7. The number of ether oxygens (including phenoxy) is 1. The fourth-order valence-corrected chi connectivity index (χ4v) is 2.44. The summed E-state index contributed by atoms with van der Waals surface area (Å²) in [6.45, 7) is 0.187. The largest absolute Gasteiger partial charge is 0.486 e. The molecule has 0 bridgehead atoms. The number of nitrogens with one attached hydrogen (secondary N) is 1. The minimum absolute atomic E-state index is 0.0667. The van der Waals surface area contributed by atoms with Gasteiger partial charge in [-0.25, -0.2) is 4.79 Å². The van der Waals surface area contributed by atoms with Crippen molar-refractivity contribution in [3.05, 3.63) is 54.0 Å². The Balaban J connectivity index is 1.91. The summed E-state index contributed by atoms with van der Waals surface area (Å²) in [5, 5.41) is 11.6. The van der Waals surface area contributed by atoms with Gasteiger partial charge < -0.3 is 19.6 Å². The molecule has 0 aliphatic heterocycles. The van der Waals surface area contributed by atoms with Gasteiger partial charge in [0.05, 0.1) is 0 Å². The second kappa shape index (κ2) is 9.02. The number of carboxylic acids is 1. The highest BCUT2D eigenvalue weighted by atomic mass is 32.2. The molecule has 0 radical (unpaired) electrons. The van der Waals surface area contributed by atoms with Crippen LogP contribution in [0.4, 0.5) is 0 Å². The Morgan fingerprint density at radius 2 is 2.00 bits per heavy atom. The molecule has 0 unspecified atom stereocenters. The van der Waals surface area contributed by atoms with Crippen LogP contribution in [0.3, 0.4) is 0 Å². The van der Waals surface area contributed by atoms with Gasteiger partial charge in [-0.2, -0.15) is 11.8 Å². The van der Waals surface area contributed by atoms with Gasteiger partial charge in [0.25, 0.3) is 5.91 Å². The van der Waals surface area contributed by atoms with Gasteiger partial charge in [-0.15, -0.1) is 0 Å². The first-order valence-corrected chi connectivity index (χ1v) is 8.78. The van der Waals surface area contributed by atoms with E-state index in [9.17, 15) is 9.59 Å². The Labute approximate surface area is 144 Å². The Morgan fingerprint density at radius 1 is 1.25 bits per heavy atom. The highest BCUT2D eigenvalue weighted by Gasteiger charge is 2.22. The summed E-state index contributed by atoms with van der Waals surface area (Å²) >= 11 is 1.52. The van der Waals surface area contributed by atoms with Crippen LogP contribution in [0.2, 0.25) is 0 Å². The van der Waals surface area contributed by atoms with Gasteiger partial charge in [-0.05, 0) is 42.7 Å². The molecule has 0 saturated heterocycles. The molecule has 6 nitrogen and oxygen atoms in total. The molecular weight excluding hydrogens is 330 g/mol. The van der Waals surface area contributed by atoms with Crippen LogP contribution in [0, 0.1) is 0 Å². The van der Waals surface area contributed by atoms with Gasteiger partial charge in [-0.3, -0.25) is 4.79 Å². The number of hydrogen-bond donors (Lipinski definition) is 2. The minimum atomic E-state index is -1.06. The minimum Gasteiger partial charge on any atom is -0.486 e. The van der Waals surface area contributed by atoms with E-state index in [4.69, 9.17) is 14.3 Å². The lowest BCUT2D eigenvalue weighted by molar-refractivity contribution is -0.139. The first-order chi connectivity index (χ1) is 11.6. The third-order valence-corrected chi connectivity index (χ3v) is 3.87. The summed E-state index contributed by atoms with van der Waals surface area (Å²) in [5.41, 5.74) is 0.